The van der Waals surface area contributed by atoms with Crippen LogP contribution in [0.5, 0.6) is 11.5 Å². The van der Waals surface area contributed by atoms with Crippen molar-refractivity contribution in [2.75, 3.05) is 37.1 Å². The molecule has 2 aromatic rings. The van der Waals surface area contributed by atoms with E-state index in [2.05, 4.69) is 13.8 Å². The van der Waals surface area contributed by atoms with Gasteiger partial charge in [0.1, 0.15) is 11.5 Å². The van der Waals surface area contributed by atoms with Crippen molar-refractivity contribution in [2.45, 2.75) is 65.2 Å². The van der Waals surface area contributed by atoms with Crippen LogP contribution in [0.4, 0.5) is 16.2 Å². The Hall–Kier alpha value is -2.69. The van der Waals surface area contributed by atoms with Crippen LogP contribution in [-0.4, -0.2) is 33.3 Å². The molecule has 176 valence electrons. The fraction of sp³-hybridized carbons (Fsp3) is 0.519. The predicted molar refractivity (Wildman–Crippen MR) is 134 cm³/mol. The van der Waals surface area contributed by atoms with Gasteiger partial charge < -0.3 is 9.47 Å². The highest BCUT2D eigenvalue weighted by atomic mass is 16.5. The Bertz CT molecular complexity index is 709. The number of anilines is 2. The molecule has 0 saturated carbocycles. The molecule has 0 aromatic heterocycles. The normalized spacial score (nSPS) is 10.6. The summed E-state index contributed by atoms with van der Waals surface area (Å²) in [6, 6.07) is 15.6. The number of methoxy groups -OCH3 is 2. The fourth-order valence-electron chi connectivity index (χ4n) is 3.73. The summed E-state index contributed by atoms with van der Waals surface area (Å²) in [7, 11) is 3.31. The van der Waals surface area contributed by atoms with Crippen LogP contribution in [0.15, 0.2) is 48.5 Å². The van der Waals surface area contributed by atoms with Crippen molar-refractivity contribution < 1.29 is 14.3 Å². The van der Waals surface area contributed by atoms with Crippen LogP contribution in [0.3, 0.4) is 0 Å². The van der Waals surface area contributed by atoms with Gasteiger partial charge in [0.25, 0.3) is 0 Å². The third-order valence-electron chi connectivity index (χ3n) is 5.70. The lowest BCUT2D eigenvalue weighted by molar-refractivity contribution is 0.251. The molecule has 0 spiro atoms. The van der Waals surface area contributed by atoms with Crippen molar-refractivity contribution in [2.24, 2.45) is 0 Å². The van der Waals surface area contributed by atoms with Gasteiger partial charge in [0.05, 0.1) is 14.2 Å². The molecule has 0 radical (unpaired) electrons. The summed E-state index contributed by atoms with van der Waals surface area (Å²) in [5.74, 6) is 1.58. The minimum Gasteiger partial charge on any atom is -0.497 e. The maximum atomic E-state index is 13.9. The first kappa shape index (κ1) is 25.6. The topological polar surface area (TPSA) is 42.0 Å². The Morgan fingerprint density at radius 3 is 1.31 bits per heavy atom. The number of hydrogen-bond acceptors (Lipinski definition) is 3. The average Bonchev–Trinajstić information content (AvgIpc) is 2.84. The number of ether oxygens (including phenoxy) is 2. The first-order chi connectivity index (χ1) is 15.6. The summed E-state index contributed by atoms with van der Waals surface area (Å²) in [5, 5.41) is 0. The SMILES string of the molecule is CCCCCCN(C(=O)N(CCCCCC)c1ccc(OC)cc1)c1ccc(OC)cc1. The van der Waals surface area contributed by atoms with Crippen molar-refractivity contribution in [1.82, 2.24) is 0 Å². The first-order valence-corrected chi connectivity index (χ1v) is 12.0. The van der Waals surface area contributed by atoms with Gasteiger partial charge >= 0.3 is 6.03 Å². The fourth-order valence-corrected chi connectivity index (χ4v) is 3.73. The van der Waals surface area contributed by atoms with E-state index in [1.807, 2.05) is 58.3 Å². The molecule has 0 N–H and O–H groups in total. The number of amides is 2. The molecule has 5 nitrogen and oxygen atoms in total. The molecule has 32 heavy (non-hydrogen) atoms. The molecule has 5 heteroatoms. The second-order valence-electron chi connectivity index (χ2n) is 8.10. The Morgan fingerprint density at radius 2 is 1.00 bits per heavy atom. The number of nitrogens with zero attached hydrogens (tertiary/aromatic N) is 2. The zero-order valence-corrected chi connectivity index (χ0v) is 20.3. The Labute approximate surface area is 194 Å². The van der Waals surface area contributed by atoms with E-state index < -0.39 is 0 Å². The molecular formula is C27H40N2O3. The Kier molecular flexibility index (Phi) is 11.5. The van der Waals surface area contributed by atoms with Crippen LogP contribution in [0.25, 0.3) is 0 Å². The lowest BCUT2D eigenvalue weighted by atomic mass is 10.1. The highest BCUT2D eigenvalue weighted by Crippen LogP contribution is 2.26. The van der Waals surface area contributed by atoms with Gasteiger partial charge in [-0.25, -0.2) is 4.79 Å². The summed E-state index contributed by atoms with van der Waals surface area (Å²) in [6.07, 6.45) is 8.92. The zero-order valence-electron chi connectivity index (χ0n) is 20.3. The van der Waals surface area contributed by atoms with Gasteiger partial charge in [0.2, 0.25) is 0 Å². The number of hydrogen-bond donors (Lipinski definition) is 0. The maximum Gasteiger partial charge on any atom is 0.328 e. The van der Waals surface area contributed by atoms with E-state index >= 15 is 0 Å². The van der Waals surface area contributed by atoms with Gasteiger partial charge in [-0.3, -0.25) is 9.80 Å². The van der Waals surface area contributed by atoms with Crippen LogP contribution in [0.2, 0.25) is 0 Å². The number of carbonyl (C=O) groups is 1. The average molecular weight is 441 g/mol. The van der Waals surface area contributed by atoms with E-state index in [1.165, 1.54) is 25.7 Å². The van der Waals surface area contributed by atoms with E-state index in [-0.39, 0.29) is 6.03 Å². The second-order valence-corrected chi connectivity index (χ2v) is 8.10. The molecule has 0 aliphatic rings. The number of carbonyl (C=O) groups excluding carboxylic acids is 1. The van der Waals surface area contributed by atoms with Gasteiger partial charge in [-0.2, -0.15) is 0 Å². The number of unbranched alkanes of at least 4 members (excludes halogenated alkanes) is 6. The van der Waals surface area contributed by atoms with Crippen molar-refractivity contribution in [1.29, 1.82) is 0 Å². The molecular weight excluding hydrogens is 400 g/mol. The number of benzene rings is 2. The molecule has 0 unspecified atom stereocenters. The molecule has 0 fully saturated rings. The third-order valence-corrected chi connectivity index (χ3v) is 5.70. The summed E-state index contributed by atoms with van der Waals surface area (Å²) < 4.78 is 10.6. The van der Waals surface area contributed by atoms with Crippen molar-refractivity contribution >= 4 is 17.4 Å². The van der Waals surface area contributed by atoms with E-state index in [1.54, 1.807) is 14.2 Å². The van der Waals surface area contributed by atoms with E-state index in [0.717, 1.165) is 48.6 Å². The smallest absolute Gasteiger partial charge is 0.328 e. The van der Waals surface area contributed by atoms with E-state index in [9.17, 15) is 4.79 Å². The third kappa shape index (κ3) is 7.77. The summed E-state index contributed by atoms with van der Waals surface area (Å²) in [6.45, 7) is 5.81. The minimum atomic E-state index is 0.0216. The molecule has 0 aliphatic heterocycles. The maximum absolute atomic E-state index is 13.9. The number of urea groups is 1. The molecule has 0 heterocycles. The largest absolute Gasteiger partial charge is 0.497 e. The zero-order chi connectivity index (χ0) is 23.2. The van der Waals surface area contributed by atoms with Gasteiger partial charge in [-0.05, 0) is 61.4 Å². The van der Waals surface area contributed by atoms with Gasteiger partial charge in [0, 0.05) is 24.5 Å². The summed E-state index contributed by atoms with van der Waals surface area (Å²) in [5.41, 5.74) is 1.80. The molecule has 2 aromatic carbocycles. The van der Waals surface area contributed by atoms with Crippen molar-refractivity contribution in [3.8, 4) is 11.5 Å². The van der Waals surface area contributed by atoms with Crippen LogP contribution >= 0.6 is 0 Å². The van der Waals surface area contributed by atoms with E-state index in [0.29, 0.717) is 13.1 Å². The van der Waals surface area contributed by atoms with Crippen LogP contribution < -0.4 is 19.3 Å². The molecule has 0 bridgehead atoms. The first-order valence-electron chi connectivity index (χ1n) is 12.0. The van der Waals surface area contributed by atoms with Crippen molar-refractivity contribution in [3.05, 3.63) is 48.5 Å². The molecule has 0 saturated heterocycles. The predicted octanol–water partition coefficient (Wildman–Crippen LogP) is 7.30. The quantitative estimate of drug-likeness (QED) is 0.289. The lowest BCUT2D eigenvalue weighted by Gasteiger charge is -2.31. The molecule has 2 amide bonds. The van der Waals surface area contributed by atoms with Gasteiger partial charge in [-0.15, -0.1) is 0 Å². The summed E-state index contributed by atoms with van der Waals surface area (Å²) in [4.78, 5) is 17.7. The standard InChI is InChI=1S/C27H40N2O3/c1-5-7-9-11-21-28(23-13-17-25(31-3)18-14-23)27(30)29(22-12-10-8-6-2)24-15-19-26(32-4)20-16-24/h13-20H,5-12,21-22H2,1-4H3. The van der Waals surface area contributed by atoms with Crippen LogP contribution in [0, 0.1) is 0 Å². The Morgan fingerprint density at radius 1 is 0.625 bits per heavy atom. The Balaban J connectivity index is 2.29. The summed E-state index contributed by atoms with van der Waals surface area (Å²) >= 11 is 0. The van der Waals surface area contributed by atoms with E-state index in [4.69, 9.17) is 9.47 Å². The molecule has 2 rings (SSSR count). The second kappa shape index (κ2) is 14.4. The lowest BCUT2D eigenvalue weighted by Crippen LogP contribution is -2.44. The van der Waals surface area contributed by atoms with Crippen LogP contribution in [-0.2, 0) is 0 Å². The van der Waals surface area contributed by atoms with Crippen molar-refractivity contribution in [3.63, 3.8) is 0 Å². The minimum absolute atomic E-state index is 0.0216. The molecule has 0 atom stereocenters. The van der Waals surface area contributed by atoms with Gasteiger partial charge in [0.15, 0.2) is 0 Å². The van der Waals surface area contributed by atoms with Crippen LogP contribution in [0.1, 0.15) is 65.2 Å². The highest BCUT2D eigenvalue weighted by Gasteiger charge is 2.23. The highest BCUT2D eigenvalue weighted by molar-refractivity contribution is 6.03. The molecule has 0 aliphatic carbocycles. The monoisotopic (exact) mass is 440 g/mol. The number of rotatable bonds is 14. The van der Waals surface area contributed by atoms with Gasteiger partial charge in [-0.1, -0.05) is 52.4 Å².